The third-order valence-electron chi connectivity index (χ3n) is 4.92. The van der Waals surface area contributed by atoms with E-state index in [0.717, 1.165) is 27.6 Å². The third-order valence-corrected chi connectivity index (χ3v) is 5.73. The summed E-state index contributed by atoms with van der Waals surface area (Å²) < 4.78 is 6.47. The molecular weight excluding hydrogens is 406 g/mol. The minimum absolute atomic E-state index is 0.168. The summed E-state index contributed by atoms with van der Waals surface area (Å²) in [5, 5.41) is 10.8. The fourth-order valence-electron chi connectivity index (χ4n) is 3.23. The number of hydrogen-bond acceptors (Lipinski definition) is 3. The maximum atomic E-state index is 9.42. The van der Waals surface area contributed by atoms with Crippen LogP contribution < -0.4 is 15.6 Å². The molecule has 4 rings (SSSR count). The van der Waals surface area contributed by atoms with E-state index in [1.165, 1.54) is 0 Å². The van der Waals surface area contributed by atoms with Crippen molar-refractivity contribution in [1.82, 2.24) is 9.97 Å². The number of aliphatic hydroxyl groups is 1. The number of nitrogens with one attached hydrogen (secondary N) is 1. The molecule has 0 saturated heterocycles. The first-order valence-electron chi connectivity index (χ1n) is 9.23. The van der Waals surface area contributed by atoms with Crippen LogP contribution in [0.25, 0.3) is 11.0 Å². The number of aromatic amines is 1. The van der Waals surface area contributed by atoms with Crippen LogP contribution in [0.2, 0.25) is 10.0 Å². The second-order valence-corrected chi connectivity index (χ2v) is 7.82. The first-order valence-corrected chi connectivity index (χ1v) is 9.99. The normalized spacial score (nSPS) is 11.1. The molecule has 0 amide bonds. The summed E-state index contributed by atoms with van der Waals surface area (Å²) in [6, 6.07) is 17.4. The highest BCUT2D eigenvalue weighted by atomic mass is 35.5. The summed E-state index contributed by atoms with van der Waals surface area (Å²) in [6.07, 6.45) is 0. The molecule has 7 heteroatoms. The highest BCUT2D eigenvalue weighted by molar-refractivity contribution is 6.81. The second-order valence-electron chi connectivity index (χ2n) is 7.01. The monoisotopic (exact) mass is 424 g/mol. The molecule has 0 radical (unpaired) electrons. The largest absolute Gasteiger partial charge is 0.550 e. The van der Waals surface area contributed by atoms with E-state index in [4.69, 9.17) is 27.9 Å². The van der Waals surface area contributed by atoms with Crippen molar-refractivity contribution in [2.45, 2.75) is 20.5 Å². The minimum atomic E-state index is -0.425. The van der Waals surface area contributed by atoms with Crippen molar-refractivity contribution >= 4 is 52.1 Å². The Kier molecular flexibility index (Phi) is 5.55. The Labute approximate surface area is 179 Å². The first kappa shape index (κ1) is 19.8. The second kappa shape index (κ2) is 8.11. The van der Waals surface area contributed by atoms with E-state index < -0.39 is 6.92 Å². The molecule has 1 heterocycles. The molecule has 0 bridgehead atoms. The van der Waals surface area contributed by atoms with Crippen LogP contribution in [0.5, 0.6) is 5.75 Å². The number of aryl methyl sites for hydroxylation is 2. The first-order chi connectivity index (χ1) is 14.0. The number of para-hydroxylation sites is 1. The number of aliphatic hydroxyl groups excluding tert-OH is 1. The van der Waals surface area contributed by atoms with Crippen molar-refractivity contribution in [3.8, 4) is 5.75 Å². The predicted molar refractivity (Wildman–Crippen MR) is 120 cm³/mol. The van der Waals surface area contributed by atoms with E-state index in [1.54, 1.807) is 0 Å². The molecule has 146 valence electrons. The molecule has 1 aromatic heterocycles. The minimum Gasteiger partial charge on any atom is -0.550 e. The fourth-order valence-corrected chi connectivity index (χ4v) is 3.60. The molecule has 4 aromatic rings. The molecule has 2 N–H and O–H groups in total. The van der Waals surface area contributed by atoms with Crippen molar-refractivity contribution in [2.75, 3.05) is 0 Å². The van der Waals surface area contributed by atoms with E-state index in [2.05, 4.69) is 9.97 Å². The van der Waals surface area contributed by atoms with Crippen LogP contribution in [0.1, 0.15) is 17.0 Å². The Balaban J connectivity index is 1.83. The number of H-pyrrole nitrogens is 1. The molecule has 3 aromatic carbocycles. The van der Waals surface area contributed by atoms with E-state index in [9.17, 15) is 5.11 Å². The third kappa shape index (κ3) is 3.99. The zero-order valence-electron chi connectivity index (χ0n) is 16.0. The van der Waals surface area contributed by atoms with E-state index in [-0.39, 0.29) is 6.61 Å². The highest BCUT2D eigenvalue weighted by Gasteiger charge is 2.26. The van der Waals surface area contributed by atoms with Gasteiger partial charge in [-0.2, -0.15) is 0 Å². The quantitative estimate of drug-likeness (QED) is 0.473. The van der Waals surface area contributed by atoms with Gasteiger partial charge in [0.1, 0.15) is 23.7 Å². The van der Waals surface area contributed by atoms with E-state index in [0.29, 0.717) is 27.1 Å². The van der Waals surface area contributed by atoms with E-state index in [1.807, 2.05) is 68.4 Å². The number of nitrogens with zero attached hydrogens (tertiary/aromatic N) is 1. The predicted octanol–water partition coefficient (Wildman–Crippen LogP) is 4.16. The lowest BCUT2D eigenvalue weighted by molar-refractivity contribution is 0.273. The average Bonchev–Trinajstić information content (AvgIpc) is 3.15. The van der Waals surface area contributed by atoms with Gasteiger partial charge in [0, 0.05) is 10.0 Å². The van der Waals surface area contributed by atoms with Gasteiger partial charge in [0.2, 0.25) is 0 Å². The number of imidazole rings is 1. The van der Waals surface area contributed by atoms with Gasteiger partial charge in [-0.15, -0.1) is 0 Å². The van der Waals surface area contributed by atoms with Crippen LogP contribution in [-0.4, -0.2) is 22.0 Å². The van der Waals surface area contributed by atoms with Crippen LogP contribution >= 0.6 is 23.2 Å². The lowest BCUT2D eigenvalue weighted by Crippen LogP contribution is -2.47. The Morgan fingerprint density at radius 1 is 0.966 bits per heavy atom. The zero-order valence-corrected chi connectivity index (χ0v) is 17.6. The van der Waals surface area contributed by atoms with Crippen molar-refractivity contribution < 1.29 is 9.76 Å². The molecule has 0 unspecified atom stereocenters. The Morgan fingerprint density at radius 3 is 2.14 bits per heavy atom. The number of hydrogen-bond donors (Lipinski definition) is 2. The smallest absolute Gasteiger partial charge is 0.426 e. The molecule has 4 nitrogen and oxygen atoms in total. The van der Waals surface area contributed by atoms with Crippen LogP contribution in [-0.2, 0) is 6.61 Å². The number of benzene rings is 3. The molecule has 0 atom stereocenters. The van der Waals surface area contributed by atoms with Gasteiger partial charge in [-0.1, -0.05) is 53.5 Å². The topological polar surface area (TPSA) is 58.1 Å². The van der Waals surface area contributed by atoms with Gasteiger partial charge in [0.25, 0.3) is 0 Å². The standard InChI is InChI=1S/C22H19BCl2N2O2/c1-13-6-8-15(10-17(13)24)23(16-9-7-14(2)18(25)11-16)29-20-5-3-4-19-22(20)27-21(12-28)26-19/h3-11,28H,12H2,1-2H3,(H,26,27). The molecule has 0 aliphatic carbocycles. The van der Waals surface area contributed by atoms with Crippen LogP contribution in [0.4, 0.5) is 0 Å². The van der Waals surface area contributed by atoms with Crippen LogP contribution in [0, 0.1) is 13.8 Å². The Morgan fingerprint density at radius 2 is 1.59 bits per heavy atom. The lowest BCUT2D eigenvalue weighted by atomic mass is 9.55. The van der Waals surface area contributed by atoms with E-state index >= 15 is 0 Å². The number of halogens is 2. The summed E-state index contributed by atoms with van der Waals surface area (Å²) in [7, 11) is 0. The summed E-state index contributed by atoms with van der Waals surface area (Å²) in [4.78, 5) is 7.54. The van der Waals surface area contributed by atoms with Gasteiger partial charge in [-0.05, 0) is 60.2 Å². The van der Waals surface area contributed by atoms with Gasteiger partial charge < -0.3 is 14.7 Å². The maximum absolute atomic E-state index is 9.42. The molecular formula is C22H19BCl2N2O2. The van der Waals surface area contributed by atoms with Crippen molar-refractivity contribution in [3.63, 3.8) is 0 Å². The van der Waals surface area contributed by atoms with Gasteiger partial charge >= 0.3 is 6.92 Å². The number of rotatable bonds is 5. The maximum Gasteiger partial charge on any atom is 0.426 e. The lowest BCUT2D eigenvalue weighted by Gasteiger charge is -2.18. The summed E-state index contributed by atoms with van der Waals surface area (Å²) in [5.41, 5.74) is 5.29. The molecule has 0 fully saturated rings. The van der Waals surface area contributed by atoms with Gasteiger partial charge in [-0.3, -0.25) is 0 Å². The van der Waals surface area contributed by atoms with Gasteiger partial charge in [0.05, 0.1) is 5.52 Å². The number of fused-ring (bicyclic) bond motifs is 1. The molecule has 0 saturated carbocycles. The molecule has 0 aliphatic rings. The van der Waals surface area contributed by atoms with Crippen molar-refractivity contribution in [2.24, 2.45) is 0 Å². The molecule has 0 aliphatic heterocycles. The zero-order chi connectivity index (χ0) is 20.5. The summed E-state index contributed by atoms with van der Waals surface area (Å²) in [5.74, 6) is 1.10. The molecule has 29 heavy (non-hydrogen) atoms. The van der Waals surface area contributed by atoms with Crippen molar-refractivity contribution in [1.29, 1.82) is 0 Å². The molecule has 0 spiro atoms. The Hall–Kier alpha value is -2.47. The summed E-state index contributed by atoms with van der Waals surface area (Å²) >= 11 is 12.8. The van der Waals surface area contributed by atoms with Crippen LogP contribution in [0.3, 0.4) is 0 Å². The van der Waals surface area contributed by atoms with Crippen LogP contribution in [0.15, 0.2) is 54.6 Å². The van der Waals surface area contributed by atoms with Gasteiger partial charge in [-0.25, -0.2) is 4.98 Å². The van der Waals surface area contributed by atoms with Crippen molar-refractivity contribution in [3.05, 3.63) is 81.6 Å². The average molecular weight is 425 g/mol. The SMILES string of the molecule is Cc1ccc(B(Oc2cccc3[nH]c(CO)nc23)c2ccc(C)c(Cl)c2)cc1Cl. The Bertz CT molecular complexity index is 1140. The van der Waals surface area contributed by atoms with Gasteiger partial charge in [0.15, 0.2) is 0 Å². The summed E-state index contributed by atoms with van der Waals surface area (Å²) in [6.45, 7) is 3.33. The number of aromatic nitrogens is 2. The highest BCUT2D eigenvalue weighted by Crippen LogP contribution is 2.25. The fraction of sp³-hybridized carbons (Fsp3) is 0.136.